The smallest absolute Gasteiger partial charge is 0.287 e. The first-order valence-corrected chi connectivity index (χ1v) is 8.92. The maximum Gasteiger partial charge on any atom is 0.287 e. The molecule has 1 aromatic carbocycles. The van der Waals surface area contributed by atoms with Crippen LogP contribution in [0.5, 0.6) is 0 Å². The van der Waals surface area contributed by atoms with Crippen molar-refractivity contribution >= 4 is 28.9 Å². The lowest BCUT2D eigenvalue weighted by atomic mass is 10.1. The molecule has 2 aromatic rings. The van der Waals surface area contributed by atoms with Gasteiger partial charge in [0.15, 0.2) is 10.9 Å². The Balaban J connectivity index is 1.51. The van der Waals surface area contributed by atoms with Crippen molar-refractivity contribution in [2.45, 2.75) is 32.7 Å². The van der Waals surface area contributed by atoms with E-state index in [1.807, 2.05) is 12.1 Å². The van der Waals surface area contributed by atoms with Gasteiger partial charge in [-0.25, -0.2) is 0 Å². The zero-order valence-electron chi connectivity index (χ0n) is 14.5. The van der Waals surface area contributed by atoms with E-state index in [9.17, 15) is 4.79 Å². The number of hydrogen-bond acceptors (Lipinski definition) is 3. The van der Waals surface area contributed by atoms with E-state index >= 15 is 0 Å². The van der Waals surface area contributed by atoms with Crippen molar-refractivity contribution in [1.82, 2.24) is 10.2 Å². The number of nitrogens with one attached hydrogen (secondary N) is 2. The van der Waals surface area contributed by atoms with Crippen LogP contribution in [0.25, 0.3) is 0 Å². The number of aryl methyl sites for hydroxylation is 1. The second-order valence-electron chi connectivity index (χ2n) is 6.39. The van der Waals surface area contributed by atoms with Gasteiger partial charge in [-0.15, -0.1) is 0 Å². The van der Waals surface area contributed by atoms with Crippen molar-refractivity contribution in [3.63, 3.8) is 0 Å². The molecule has 0 saturated carbocycles. The highest BCUT2D eigenvalue weighted by Gasteiger charge is 2.23. The molecule has 2 N–H and O–H groups in total. The molecule has 0 aliphatic carbocycles. The van der Waals surface area contributed by atoms with Crippen LogP contribution in [-0.2, 0) is 0 Å². The number of anilines is 1. The summed E-state index contributed by atoms with van der Waals surface area (Å²) in [7, 11) is 0. The Morgan fingerprint density at radius 3 is 2.64 bits per heavy atom. The Bertz CT molecular complexity index is 750. The van der Waals surface area contributed by atoms with E-state index in [1.165, 1.54) is 17.4 Å². The molecule has 3 rings (SSSR count). The average molecular weight is 357 g/mol. The Morgan fingerprint density at radius 2 is 1.96 bits per heavy atom. The normalized spacial score (nSPS) is 15.0. The standard InChI is InChI=1S/C19H23N3O2S/c1-13-5-3-6-16(14(13)2)21-19(25)22-10-8-15(9-11-22)20-18(23)17-7-4-12-24-17/h3-7,12,15H,8-11H2,1-2H3,(H,20,23)(H,21,25). The van der Waals surface area contributed by atoms with Crippen molar-refractivity contribution < 1.29 is 9.21 Å². The zero-order valence-corrected chi connectivity index (χ0v) is 15.4. The number of carbonyl (C=O) groups is 1. The molecule has 1 fully saturated rings. The molecule has 25 heavy (non-hydrogen) atoms. The number of piperidine rings is 1. The minimum atomic E-state index is -0.153. The number of likely N-dealkylation sites (tertiary alicyclic amines) is 1. The highest BCUT2D eigenvalue weighted by molar-refractivity contribution is 7.80. The molecule has 132 valence electrons. The first kappa shape index (κ1) is 17.5. The molecule has 6 heteroatoms. The highest BCUT2D eigenvalue weighted by Crippen LogP contribution is 2.20. The molecule has 0 bridgehead atoms. The van der Waals surface area contributed by atoms with Crippen LogP contribution >= 0.6 is 12.2 Å². The predicted octanol–water partition coefficient (Wildman–Crippen LogP) is 3.49. The lowest BCUT2D eigenvalue weighted by molar-refractivity contribution is 0.0894. The third kappa shape index (κ3) is 4.20. The third-order valence-corrected chi connectivity index (χ3v) is 5.07. The fraction of sp³-hybridized carbons (Fsp3) is 0.368. The summed E-state index contributed by atoms with van der Waals surface area (Å²) in [5, 5.41) is 7.12. The van der Waals surface area contributed by atoms with Gasteiger partial charge in [0, 0.05) is 24.8 Å². The van der Waals surface area contributed by atoms with Crippen molar-refractivity contribution in [3.05, 3.63) is 53.5 Å². The van der Waals surface area contributed by atoms with Gasteiger partial charge in [-0.1, -0.05) is 12.1 Å². The van der Waals surface area contributed by atoms with E-state index in [1.54, 1.807) is 12.1 Å². The van der Waals surface area contributed by atoms with E-state index in [4.69, 9.17) is 16.6 Å². The van der Waals surface area contributed by atoms with Crippen LogP contribution < -0.4 is 10.6 Å². The molecule has 1 saturated heterocycles. The number of amides is 1. The fourth-order valence-corrected chi connectivity index (χ4v) is 3.26. The molecule has 0 spiro atoms. The van der Waals surface area contributed by atoms with Gasteiger partial charge in [0.25, 0.3) is 5.91 Å². The Labute approximate surface area is 153 Å². The number of benzene rings is 1. The number of nitrogens with zero attached hydrogens (tertiary/aromatic N) is 1. The summed E-state index contributed by atoms with van der Waals surface area (Å²) < 4.78 is 5.13. The van der Waals surface area contributed by atoms with E-state index in [0.29, 0.717) is 5.76 Å². The highest BCUT2D eigenvalue weighted by atomic mass is 32.1. The third-order valence-electron chi connectivity index (χ3n) is 4.71. The van der Waals surface area contributed by atoms with Crippen molar-refractivity contribution in [2.75, 3.05) is 18.4 Å². The fourth-order valence-electron chi connectivity index (χ4n) is 2.97. The minimum Gasteiger partial charge on any atom is -0.459 e. The van der Waals surface area contributed by atoms with E-state index in [-0.39, 0.29) is 11.9 Å². The predicted molar refractivity (Wildman–Crippen MR) is 103 cm³/mol. The van der Waals surface area contributed by atoms with Gasteiger partial charge in [0.1, 0.15) is 0 Å². The molecule has 1 amide bonds. The number of hydrogen-bond donors (Lipinski definition) is 2. The summed E-state index contributed by atoms with van der Waals surface area (Å²) in [6.45, 7) is 5.83. The van der Waals surface area contributed by atoms with Crippen molar-refractivity contribution in [1.29, 1.82) is 0 Å². The molecule has 5 nitrogen and oxygen atoms in total. The van der Waals surface area contributed by atoms with Gasteiger partial charge in [-0.3, -0.25) is 4.79 Å². The van der Waals surface area contributed by atoms with E-state index in [2.05, 4.69) is 35.4 Å². The Morgan fingerprint density at radius 1 is 1.20 bits per heavy atom. The van der Waals surface area contributed by atoms with Gasteiger partial charge in [0.05, 0.1) is 6.26 Å². The van der Waals surface area contributed by atoms with Crippen LogP contribution in [0.3, 0.4) is 0 Å². The first-order valence-electron chi connectivity index (χ1n) is 8.51. The molecule has 1 aliphatic heterocycles. The van der Waals surface area contributed by atoms with Crippen molar-refractivity contribution in [2.24, 2.45) is 0 Å². The lowest BCUT2D eigenvalue weighted by Gasteiger charge is -2.34. The second kappa shape index (κ2) is 7.70. The Hall–Kier alpha value is -2.34. The van der Waals surface area contributed by atoms with E-state index in [0.717, 1.165) is 36.7 Å². The van der Waals surface area contributed by atoms with Gasteiger partial charge >= 0.3 is 0 Å². The monoisotopic (exact) mass is 357 g/mol. The molecule has 1 aliphatic rings. The number of furan rings is 1. The summed E-state index contributed by atoms with van der Waals surface area (Å²) in [5.41, 5.74) is 3.51. The summed E-state index contributed by atoms with van der Waals surface area (Å²) in [5.74, 6) is 0.203. The number of thiocarbonyl (C=S) groups is 1. The quantitative estimate of drug-likeness (QED) is 0.824. The van der Waals surface area contributed by atoms with Crippen LogP contribution in [0, 0.1) is 13.8 Å². The molecule has 0 atom stereocenters. The van der Waals surface area contributed by atoms with Crippen LogP contribution in [0.2, 0.25) is 0 Å². The largest absolute Gasteiger partial charge is 0.459 e. The number of rotatable bonds is 3. The zero-order chi connectivity index (χ0) is 17.8. The molecule has 0 radical (unpaired) electrons. The summed E-state index contributed by atoms with van der Waals surface area (Å²) in [6, 6.07) is 9.71. The average Bonchev–Trinajstić information content (AvgIpc) is 3.14. The first-order chi connectivity index (χ1) is 12.0. The van der Waals surface area contributed by atoms with Gasteiger partial charge < -0.3 is 20.0 Å². The second-order valence-corrected chi connectivity index (χ2v) is 6.78. The summed E-state index contributed by atoms with van der Waals surface area (Å²) >= 11 is 5.56. The molecular formula is C19H23N3O2S. The van der Waals surface area contributed by atoms with Gasteiger partial charge in [0.2, 0.25) is 0 Å². The topological polar surface area (TPSA) is 57.5 Å². The minimum absolute atomic E-state index is 0.150. The van der Waals surface area contributed by atoms with Crippen LogP contribution in [0.1, 0.15) is 34.5 Å². The van der Waals surface area contributed by atoms with Crippen LogP contribution in [0.15, 0.2) is 41.0 Å². The van der Waals surface area contributed by atoms with Crippen molar-refractivity contribution in [3.8, 4) is 0 Å². The van der Waals surface area contributed by atoms with Crippen LogP contribution in [-0.4, -0.2) is 35.1 Å². The Kier molecular flexibility index (Phi) is 5.38. The SMILES string of the molecule is Cc1cccc(NC(=S)N2CCC(NC(=O)c3ccco3)CC2)c1C. The molecule has 2 heterocycles. The maximum absolute atomic E-state index is 12.0. The lowest BCUT2D eigenvalue weighted by Crippen LogP contribution is -2.47. The van der Waals surface area contributed by atoms with Gasteiger partial charge in [-0.2, -0.15) is 0 Å². The molecule has 1 aromatic heterocycles. The van der Waals surface area contributed by atoms with E-state index < -0.39 is 0 Å². The maximum atomic E-state index is 12.0. The van der Waals surface area contributed by atoms with Gasteiger partial charge in [-0.05, 0) is 68.2 Å². The summed E-state index contributed by atoms with van der Waals surface area (Å²) in [6.07, 6.45) is 3.23. The summed E-state index contributed by atoms with van der Waals surface area (Å²) in [4.78, 5) is 14.2. The molecule has 0 unspecified atom stereocenters. The molecular weight excluding hydrogens is 334 g/mol. The van der Waals surface area contributed by atoms with Crippen LogP contribution in [0.4, 0.5) is 5.69 Å². The number of carbonyl (C=O) groups excluding carboxylic acids is 1.